The van der Waals surface area contributed by atoms with Gasteiger partial charge in [0.2, 0.25) is 6.17 Å². The van der Waals surface area contributed by atoms with Crippen molar-refractivity contribution in [1.29, 1.82) is 0 Å². The number of hydrogen-bond acceptors (Lipinski definition) is 3. The topological polar surface area (TPSA) is 46.5 Å². The van der Waals surface area contributed by atoms with Crippen LogP contribution in [-0.4, -0.2) is 30.0 Å². The molecule has 0 unspecified atom stereocenters. The lowest BCUT2D eigenvalue weighted by Gasteiger charge is -2.00. The summed E-state index contributed by atoms with van der Waals surface area (Å²) in [4.78, 5) is 10.2. The molecule has 3 nitrogen and oxygen atoms in total. The summed E-state index contributed by atoms with van der Waals surface area (Å²) < 4.78 is 16.5. The fourth-order valence-corrected chi connectivity index (χ4v) is 0.725. The molecule has 0 amide bonds. The second-order valence-electron chi connectivity index (χ2n) is 1.94. The maximum absolute atomic E-state index is 12.2. The van der Waals surface area contributed by atoms with Crippen LogP contribution in [0.3, 0.4) is 0 Å². The van der Waals surface area contributed by atoms with E-state index in [0.29, 0.717) is 0 Å². The van der Waals surface area contributed by atoms with Crippen LogP contribution < -0.4 is 0 Å². The molecular formula is C5H7FO3. The average molecular weight is 134 g/mol. The quantitative estimate of drug-likeness (QED) is 0.498. The third-order valence-electron chi connectivity index (χ3n) is 1.21. The van der Waals surface area contributed by atoms with Crippen molar-refractivity contribution in [2.75, 3.05) is 6.61 Å². The van der Waals surface area contributed by atoms with Crippen LogP contribution in [0, 0.1) is 0 Å². The lowest BCUT2D eigenvalue weighted by atomic mass is 10.2. The SMILES string of the molecule is O=C1O[C@H](CO)C[C@@H]1F. The Morgan fingerprint density at radius 3 is 2.78 bits per heavy atom. The normalized spacial score (nSPS) is 34.7. The molecule has 1 fully saturated rings. The first-order valence-electron chi connectivity index (χ1n) is 2.69. The summed E-state index contributed by atoms with van der Waals surface area (Å²) in [7, 11) is 0. The third-order valence-corrected chi connectivity index (χ3v) is 1.21. The number of esters is 1. The Bertz CT molecular complexity index is 125. The fraction of sp³-hybridized carbons (Fsp3) is 0.800. The highest BCUT2D eigenvalue weighted by Gasteiger charge is 2.33. The molecule has 1 aliphatic heterocycles. The van der Waals surface area contributed by atoms with E-state index < -0.39 is 18.2 Å². The third kappa shape index (κ3) is 1.18. The Morgan fingerprint density at radius 1 is 1.89 bits per heavy atom. The van der Waals surface area contributed by atoms with E-state index in [1.54, 1.807) is 0 Å². The van der Waals surface area contributed by atoms with Gasteiger partial charge >= 0.3 is 5.97 Å². The number of cyclic esters (lactones) is 1. The molecule has 0 aliphatic carbocycles. The molecule has 1 heterocycles. The van der Waals surface area contributed by atoms with Crippen LogP contribution in [0.25, 0.3) is 0 Å². The van der Waals surface area contributed by atoms with E-state index in [1.807, 2.05) is 0 Å². The van der Waals surface area contributed by atoms with Crippen LogP contribution in [0.4, 0.5) is 4.39 Å². The van der Waals surface area contributed by atoms with Crippen molar-refractivity contribution in [1.82, 2.24) is 0 Å². The van der Waals surface area contributed by atoms with Gasteiger partial charge in [0, 0.05) is 6.42 Å². The van der Waals surface area contributed by atoms with Gasteiger partial charge in [0.05, 0.1) is 6.61 Å². The Kier molecular flexibility index (Phi) is 1.66. The summed E-state index contributed by atoms with van der Waals surface area (Å²) in [6.07, 6.45) is -2.15. The molecule has 1 N–H and O–H groups in total. The van der Waals surface area contributed by atoms with Gasteiger partial charge in [-0.15, -0.1) is 0 Å². The largest absolute Gasteiger partial charge is 0.458 e. The molecule has 0 aromatic heterocycles. The first-order chi connectivity index (χ1) is 4.24. The Labute approximate surface area is 51.4 Å². The molecule has 0 radical (unpaired) electrons. The zero-order chi connectivity index (χ0) is 6.85. The molecule has 1 rings (SSSR count). The van der Waals surface area contributed by atoms with E-state index in [2.05, 4.69) is 4.74 Å². The van der Waals surface area contributed by atoms with E-state index >= 15 is 0 Å². The van der Waals surface area contributed by atoms with Gasteiger partial charge in [0.25, 0.3) is 0 Å². The van der Waals surface area contributed by atoms with E-state index in [9.17, 15) is 9.18 Å². The van der Waals surface area contributed by atoms with Gasteiger partial charge < -0.3 is 9.84 Å². The predicted octanol–water partition coefficient (Wildman–Crippen LogP) is -0.368. The lowest BCUT2D eigenvalue weighted by molar-refractivity contribution is -0.146. The fourth-order valence-electron chi connectivity index (χ4n) is 0.725. The summed E-state index contributed by atoms with van der Waals surface area (Å²) in [6, 6.07) is 0. The highest BCUT2D eigenvalue weighted by molar-refractivity contribution is 5.76. The number of alkyl halides is 1. The van der Waals surface area contributed by atoms with Gasteiger partial charge in [-0.2, -0.15) is 0 Å². The minimum atomic E-state index is -1.53. The Hall–Kier alpha value is -0.640. The monoisotopic (exact) mass is 134 g/mol. The zero-order valence-corrected chi connectivity index (χ0v) is 4.71. The first kappa shape index (κ1) is 6.48. The van der Waals surface area contributed by atoms with Crippen LogP contribution in [0.1, 0.15) is 6.42 Å². The number of carbonyl (C=O) groups is 1. The molecular weight excluding hydrogens is 127 g/mol. The number of ether oxygens (including phenoxy) is 1. The lowest BCUT2D eigenvalue weighted by Crippen LogP contribution is -2.10. The molecule has 1 aliphatic rings. The minimum Gasteiger partial charge on any atom is -0.458 e. The molecule has 0 aromatic rings. The van der Waals surface area contributed by atoms with Crippen LogP contribution in [0.2, 0.25) is 0 Å². The van der Waals surface area contributed by atoms with Gasteiger partial charge in [-0.05, 0) is 0 Å². The van der Waals surface area contributed by atoms with Crippen molar-refractivity contribution in [3.63, 3.8) is 0 Å². The second-order valence-corrected chi connectivity index (χ2v) is 1.94. The summed E-state index contributed by atoms with van der Waals surface area (Å²) in [5.74, 6) is -0.853. The molecule has 0 spiro atoms. The number of rotatable bonds is 1. The zero-order valence-electron chi connectivity index (χ0n) is 4.71. The summed E-state index contributed by atoms with van der Waals surface area (Å²) in [5, 5.41) is 8.36. The molecule has 4 heteroatoms. The average Bonchev–Trinajstić information content (AvgIpc) is 2.13. The van der Waals surface area contributed by atoms with Crippen molar-refractivity contribution in [2.24, 2.45) is 0 Å². The van der Waals surface area contributed by atoms with Gasteiger partial charge in [0.15, 0.2) is 0 Å². The maximum Gasteiger partial charge on any atom is 0.341 e. The van der Waals surface area contributed by atoms with Gasteiger partial charge in [-0.1, -0.05) is 0 Å². The Morgan fingerprint density at radius 2 is 2.56 bits per heavy atom. The number of carbonyl (C=O) groups excluding carboxylic acids is 1. The second kappa shape index (κ2) is 2.31. The van der Waals surface area contributed by atoms with Crippen LogP contribution in [0.15, 0.2) is 0 Å². The summed E-state index contributed by atoms with van der Waals surface area (Å²) in [6.45, 7) is -0.286. The summed E-state index contributed by atoms with van der Waals surface area (Å²) in [5.41, 5.74) is 0. The number of aliphatic hydroxyl groups excluding tert-OH is 1. The number of aliphatic hydroxyl groups is 1. The molecule has 0 bridgehead atoms. The molecule has 52 valence electrons. The van der Waals surface area contributed by atoms with Gasteiger partial charge in [-0.3, -0.25) is 0 Å². The van der Waals surface area contributed by atoms with Crippen LogP contribution in [-0.2, 0) is 9.53 Å². The van der Waals surface area contributed by atoms with Crippen molar-refractivity contribution >= 4 is 5.97 Å². The molecule has 2 atom stereocenters. The minimum absolute atomic E-state index is 0.00463. The van der Waals surface area contributed by atoms with Gasteiger partial charge in [-0.25, -0.2) is 9.18 Å². The van der Waals surface area contributed by atoms with E-state index in [4.69, 9.17) is 5.11 Å². The van der Waals surface area contributed by atoms with Crippen molar-refractivity contribution in [3.05, 3.63) is 0 Å². The smallest absolute Gasteiger partial charge is 0.341 e. The first-order valence-corrected chi connectivity index (χ1v) is 2.69. The van der Waals surface area contributed by atoms with E-state index in [0.717, 1.165) is 0 Å². The van der Waals surface area contributed by atoms with Crippen molar-refractivity contribution < 1.29 is 19.0 Å². The van der Waals surface area contributed by atoms with Crippen molar-refractivity contribution in [3.8, 4) is 0 Å². The Balaban J connectivity index is 2.44. The molecule has 0 aromatic carbocycles. The highest BCUT2D eigenvalue weighted by atomic mass is 19.1. The maximum atomic E-state index is 12.2. The summed E-state index contributed by atoms with van der Waals surface area (Å²) >= 11 is 0. The van der Waals surface area contributed by atoms with Crippen molar-refractivity contribution in [2.45, 2.75) is 18.7 Å². The van der Waals surface area contributed by atoms with E-state index in [1.165, 1.54) is 0 Å². The molecule has 1 saturated heterocycles. The number of hydrogen-bond donors (Lipinski definition) is 1. The standard InChI is InChI=1S/C5H7FO3/c6-4-1-3(2-7)9-5(4)8/h3-4,7H,1-2H2/t3-,4-/m0/s1. The molecule has 9 heavy (non-hydrogen) atoms. The molecule has 0 saturated carbocycles. The van der Waals surface area contributed by atoms with Crippen LogP contribution in [0.5, 0.6) is 0 Å². The highest BCUT2D eigenvalue weighted by Crippen LogP contribution is 2.16. The number of halogens is 1. The van der Waals surface area contributed by atoms with Crippen LogP contribution >= 0.6 is 0 Å². The van der Waals surface area contributed by atoms with E-state index in [-0.39, 0.29) is 13.0 Å². The van der Waals surface area contributed by atoms with Gasteiger partial charge in [0.1, 0.15) is 6.10 Å². The predicted molar refractivity (Wildman–Crippen MR) is 26.5 cm³/mol.